The highest BCUT2D eigenvalue weighted by Gasteiger charge is 2.06. The van der Waals surface area contributed by atoms with Gasteiger partial charge in [-0.2, -0.15) is 0 Å². The number of pyridine rings is 1. The van der Waals surface area contributed by atoms with Crippen LogP contribution in [0.3, 0.4) is 0 Å². The lowest BCUT2D eigenvalue weighted by atomic mass is 10.0. The van der Waals surface area contributed by atoms with Crippen LogP contribution in [0, 0.1) is 27.7 Å². The van der Waals surface area contributed by atoms with Crippen LogP contribution >= 0.6 is 0 Å². The second-order valence-electron chi connectivity index (χ2n) is 5.80. The Balaban J connectivity index is 2.08. The van der Waals surface area contributed by atoms with Crippen molar-refractivity contribution in [3.63, 3.8) is 0 Å². The van der Waals surface area contributed by atoms with Gasteiger partial charge in [-0.05, 0) is 68.7 Å². The molecular formula is C19H20N2. The first-order chi connectivity index (χ1) is 10.0. The second kappa shape index (κ2) is 5.21. The van der Waals surface area contributed by atoms with Crippen LogP contribution in [0.15, 0.2) is 42.5 Å². The van der Waals surface area contributed by atoms with Gasteiger partial charge in [-0.3, -0.25) is 0 Å². The van der Waals surface area contributed by atoms with E-state index in [-0.39, 0.29) is 0 Å². The quantitative estimate of drug-likeness (QED) is 0.694. The zero-order valence-electron chi connectivity index (χ0n) is 13.0. The number of benzene rings is 2. The van der Waals surface area contributed by atoms with E-state index in [2.05, 4.69) is 75.5 Å². The lowest BCUT2D eigenvalue weighted by molar-refractivity contribution is 1.30. The Labute approximate surface area is 125 Å². The van der Waals surface area contributed by atoms with E-state index in [1.54, 1.807) is 0 Å². The summed E-state index contributed by atoms with van der Waals surface area (Å²) in [5.41, 5.74) is 7.15. The molecule has 0 bridgehead atoms. The van der Waals surface area contributed by atoms with Crippen LogP contribution in [0.4, 0.5) is 11.5 Å². The fraction of sp³-hybridized carbons (Fsp3) is 0.211. The van der Waals surface area contributed by atoms with E-state index < -0.39 is 0 Å². The summed E-state index contributed by atoms with van der Waals surface area (Å²) in [6, 6.07) is 14.9. The molecule has 0 unspecified atom stereocenters. The number of hydrogen-bond acceptors (Lipinski definition) is 2. The normalized spacial score (nSPS) is 10.9. The highest BCUT2D eigenvalue weighted by atomic mass is 15.0. The maximum absolute atomic E-state index is 4.79. The Morgan fingerprint density at radius 3 is 2.38 bits per heavy atom. The SMILES string of the molecule is Cc1cccc(Nc2cc(C)c3cc(C)cc(C)c3n2)c1. The number of anilines is 2. The lowest BCUT2D eigenvalue weighted by Crippen LogP contribution is -1.97. The Morgan fingerprint density at radius 1 is 0.810 bits per heavy atom. The largest absolute Gasteiger partial charge is 0.340 e. The van der Waals surface area contributed by atoms with E-state index in [0.717, 1.165) is 17.0 Å². The minimum absolute atomic E-state index is 0.901. The van der Waals surface area contributed by atoms with Crippen molar-refractivity contribution in [2.75, 3.05) is 5.32 Å². The molecule has 0 aliphatic rings. The molecular weight excluding hydrogens is 256 g/mol. The van der Waals surface area contributed by atoms with Crippen LogP contribution < -0.4 is 5.32 Å². The second-order valence-corrected chi connectivity index (χ2v) is 5.80. The summed E-state index contributed by atoms with van der Waals surface area (Å²) in [5, 5.41) is 4.65. The lowest BCUT2D eigenvalue weighted by Gasteiger charge is -2.12. The maximum atomic E-state index is 4.79. The molecule has 0 atom stereocenters. The Kier molecular flexibility index (Phi) is 3.38. The highest BCUT2D eigenvalue weighted by Crippen LogP contribution is 2.26. The molecule has 3 rings (SSSR count). The molecule has 106 valence electrons. The average Bonchev–Trinajstić information content (AvgIpc) is 2.40. The van der Waals surface area contributed by atoms with Gasteiger partial charge in [0.15, 0.2) is 0 Å². The molecule has 1 aromatic heterocycles. The van der Waals surface area contributed by atoms with Crippen molar-refractivity contribution < 1.29 is 0 Å². The van der Waals surface area contributed by atoms with Crippen LogP contribution in [0.2, 0.25) is 0 Å². The van der Waals surface area contributed by atoms with E-state index >= 15 is 0 Å². The molecule has 21 heavy (non-hydrogen) atoms. The van der Waals surface area contributed by atoms with Crippen molar-refractivity contribution in [3.05, 3.63) is 64.7 Å². The highest BCUT2D eigenvalue weighted by molar-refractivity contribution is 5.87. The molecule has 0 spiro atoms. The van der Waals surface area contributed by atoms with Gasteiger partial charge >= 0.3 is 0 Å². The van der Waals surface area contributed by atoms with E-state index in [4.69, 9.17) is 4.98 Å². The molecule has 0 aliphatic carbocycles. The Bertz CT molecular complexity index is 819. The average molecular weight is 276 g/mol. The standard InChI is InChI=1S/C19H20N2/c1-12-6-5-7-16(9-12)20-18-11-14(3)17-10-13(2)8-15(4)19(17)21-18/h5-11H,1-4H3,(H,20,21). The minimum atomic E-state index is 0.901. The molecule has 0 saturated heterocycles. The van der Waals surface area contributed by atoms with Crippen molar-refractivity contribution in [2.45, 2.75) is 27.7 Å². The predicted molar refractivity (Wildman–Crippen MR) is 90.4 cm³/mol. The number of nitrogens with zero attached hydrogens (tertiary/aromatic N) is 1. The molecule has 0 radical (unpaired) electrons. The summed E-state index contributed by atoms with van der Waals surface area (Å²) in [7, 11) is 0. The number of hydrogen-bond donors (Lipinski definition) is 1. The summed E-state index contributed by atoms with van der Waals surface area (Å²) in [5.74, 6) is 0.901. The van der Waals surface area contributed by atoms with Crippen molar-refractivity contribution >= 4 is 22.4 Å². The van der Waals surface area contributed by atoms with Gasteiger partial charge in [0.1, 0.15) is 5.82 Å². The first-order valence-corrected chi connectivity index (χ1v) is 7.25. The molecule has 3 aromatic rings. The predicted octanol–water partition coefficient (Wildman–Crippen LogP) is 5.21. The smallest absolute Gasteiger partial charge is 0.131 e. The van der Waals surface area contributed by atoms with Crippen molar-refractivity contribution in [1.29, 1.82) is 0 Å². The summed E-state index contributed by atoms with van der Waals surface area (Å²) in [4.78, 5) is 4.79. The van der Waals surface area contributed by atoms with Gasteiger partial charge < -0.3 is 5.32 Å². The first kappa shape index (κ1) is 13.6. The van der Waals surface area contributed by atoms with Crippen LogP contribution in [0.1, 0.15) is 22.3 Å². The summed E-state index contributed by atoms with van der Waals surface area (Å²) >= 11 is 0. The molecule has 0 fully saturated rings. The van der Waals surface area contributed by atoms with E-state index in [9.17, 15) is 0 Å². The fourth-order valence-corrected chi connectivity index (χ4v) is 2.78. The van der Waals surface area contributed by atoms with Gasteiger partial charge in [-0.15, -0.1) is 0 Å². The molecule has 2 aromatic carbocycles. The minimum Gasteiger partial charge on any atom is -0.340 e. The maximum Gasteiger partial charge on any atom is 0.131 e. The van der Waals surface area contributed by atoms with Crippen LogP contribution in [0.25, 0.3) is 10.9 Å². The molecule has 0 aliphatic heterocycles. The third-order valence-electron chi connectivity index (χ3n) is 3.75. The number of nitrogens with one attached hydrogen (secondary N) is 1. The molecule has 1 N–H and O–H groups in total. The van der Waals surface area contributed by atoms with Crippen molar-refractivity contribution in [1.82, 2.24) is 4.98 Å². The number of fused-ring (bicyclic) bond motifs is 1. The van der Waals surface area contributed by atoms with Crippen molar-refractivity contribution in [2.24, 2.45) is 0 Å². The van der Waals surface area contributed by atoms with Gasteiger partial charge in [0.25, 0.3) is 0 Å². The molecule has 1 heterocycles. The zero-order chi connectivity index (χ0) is 15.0. The van der Waals surface area contributed by atoms with Crippen molar-refractivity contribution in [3.8, 4) is 0 Å². The van der Waals surface area contributed by atoms with Gasteiger partial charge in [0.05, 0.1) is 5.52 Å². The van der Waals surface area contributed by atoms with E-state index in [0.29, 0.717) is 0 Å². The molecule has 0 amide bonds. The van der Waals surface area contributed by atoms with Gasteiger partial charge in [-0.25, -0.2) is 4.98 Å². The number of aryl methyl sites for hydroxylation is 4. The van der Waals surface area contributed by atoms with Gasteiger partial charge in [0.2, 0.25) is 0 Å². The monoisotopic (exact) mass is 276 g/mol. The zero-order valence-corrected chi connectivity index (χ0v) is 13.0. The topological polar surface area (TPSA) is 24.9 Å². The fourth-order valence-electron chi connectivity index (χ4n) is 2.78. The third-order valence-corrected chi connectivity index (χ3v) is 3.75. The Hall–Kier alpha value is -2.35. The molecule has 0 saturated carbocycles. The van der Waals surface area contributed by atoms with Gasteiger partial charge in [0, 0.05) is 11.1 Å². The number of rotatable bonds is 2. The number of aromatic nitrogens is 1. The van der Waals surface area contributed by atoms with E-state index in [1.165, 1.54) is 27.6 Å². The first-order valence-electron chi connectivity index (χ1n) is 7.25. The van der Waals surface area contributed by atoms with Crippen LogP contribution in [0.5, 0.6) is 0 Å². The van der Waals surface area contributed by atoms with Gasteiger partial charge in [-0.1, -0.05) is 23.8 Å². The summed E-state index contributed by atoms with van der Waals surface area (Å²) in [6.45, 7) is 8.49. The molecule has 2 nitrogen and oxygen atoms in total. The van der Waals surface area contributed by atoms with Crippen LogP contribution in [-0.2, 0) is 0 Å². The third kappa shape index (κ3) is 2.75. The van der Waals surface area contributed by atoms with Crippen LogP contribution in [-0.4, -0.2) is 4.98 Å². The van der Waals surface area contributed by atoms with E-state index in [1.807, 2.05) is 0 Å². The molecule has 2 heteroatoms. The Morgan fingerprint density at radius 2 is 1.62 bits per heavy atom. The summed E-state index contributed by atoms with van der Waals surface area (Å²) in [6.07, 6.45) is 0. The summed E-state index contributed by atoms with van der Waals surface area (Å²) < 4.78 is 0.